The highest BCUT2D eigenvalue weighted by Crippen LogP contribution is 2.14. The van der Waals surface area contributed by atoms with Crippen LogP contribution in [0.2, 0.25) is 0 Å². The second-order valence-corrected chi connectivity index (χ2v) is 6.68. The van der Waals surface area contributed by atoms with Crippen LogP contribution in [0.3, 0.4) is 0 Å². The molecule has 1 fully saturated rings. The van der Waals surface area contributed by atoms with Crippen molar-refractivity contribution in [1.29, 1.82) is 0 Å². The molecule has 8 nitrogen and oxygen atoms in total. The number of benzene rings is 1. The summed E-state index contributed by atoms with van der Waals surface area (Å²) in [4.78, 5) is 43.1. The number of carbonyl (C=O) groups excluding carboxylic acids is 2. The van der Waals surface area contributed by atoms with E-state index < -0.39 is 28.9 Å². The standard InChI is InChI=1S/C19H21FN4O4/c1-23-6-8-24(9-7-23)19(28)15-10-14(16(25)18(27)22-15)17(26)21-11-12-2-4-13(20)5-3-12/h2-5,10,25H,6-9,11H2,1H3,(H,21,26)(H,22,27). The third kappa shape index (κ3) is 4.37. The lowest BCUT2D eigenvalue weighted by atomic mass is 10.1. The fraction of sp³-hybridized carbons (Fsp3) is 0.316. The van der Waals surface area contributed by atoms with Crippen LogP contribution in [0.4, 0.5) is 4.39 Å². The van der Waals surface area contributed by atoms with E-state index in [0.29, 0.717) is 31.7 Å². The van der Waals surface area contributed by atoms with E-state index in [1.54, 1.807) is 4.90 Å². The summed E-state index contributed by atoms with van der Waals surface area (Å²) in [5.41, 5.74) is -0.609. The lowest BCUT2D eigenvalue weighted by molar-refractivity contribution is 0.0658. The van der Waals surface area contributed by atoms with Gasteiger partial charge in [-0.25, -0.2) is 4.39 Å². The summed E-state index contributed by atoms with van der Waals surface area (Å²) in [5.74, 6) is -2.26. The summed E-state index contributed by atoms with van der Waals surface area (Å²) >= 11 is 0. The number of aromatic amines is 1. The van der Waals surface area contributed by atoms with Crippen molar-refractivity contribution < 1.29 is 19.1 Å². The van der Waals surface area contributed by atoms with E-state index in [1.165, 1.54) is 30.3 Å². The van der Waals surface area contributed by atoms with Gasteiger partial charge in [-0.15, -0.1) is 0 Å². The maximum Gasteiger partial charge on any atom is 0.291 e. The number of pyridine rings is 1. The first kappa shape index (κ1) is 19.6. The van der Waals surface area contributed by atoms with Crippen LogP contribution in [-0.2, 0) is 6.54 Å². The third-order valence-electron chi connectivity index (χ3n) is 4.64. The van der Waals surface area contributed by atoms with E-state index in [1.807, 2.05) is 7.05 Å². The van der Waals surface area contributed by atoms with Crippen molar-refractivity contribution in [2.45, 2.75) is 6.54 Å². The van der Waals surface area contributed by atoms with E-state index in [-0.39, 0.29) is 17.8 Å². The smallest absolute Gasteiger partial charge is 0.291 e. The Hall–Kier alpha value is -3.20. The summed E-state index contributed by atoms with van der Waals surface area (Å²) in [6.07, 6.45) is 0. The van der Waals surface area contributed by atoms with Crippen LogP contribution in [0.15, 0.2) is 35.1 Å². The molecule has 1 saturated heterocycles. The molecule has 28 heavy (non-hydrogen) atoms. The van der Waals surface area contributed by atoms with Gasteiger partial charge in [-0.2, -0.15) is 0 Å². The fourth-order valence-electron chi connectivity index (χ4n) is 2.90. The number of likely N-dealkylation sites (N-methyl/N-ethyl adjacent to an activating group) is 1. The van der Waals surface area contributed by atoms with Gasteiger partial charge < -0.3 is 25.2 Å². The highest BCUT2D eigenvalue weighted by Gasteiger charge is 2.24. The number of hydrogen-bond donors (Lipinski definition) is 3. The SMILES string of the molecule is CN1CCN(C(=O)c2cc(C(=O)NCc3ccc(F)cc3)c(O)c(=O)[nH]2)CC1. The van der Waals surface area contributed by atoms with Gasteiger partial charge in [-0.05, 0) is 30.8 Å². The molecule has 0 aliphatic carbocycles. The zero-order valence-corrected chi connectivity index (χ0v) is 15.4. The third-order valence-corrected chi connectivity index (χ3v) is 4.64. The van der Waals surface area contributed by atoms with E-state index in [9.17, 15) is 23.9 Å². The summed E-state index contributed by atoms with van der Waals surface area (Å²) < 4.78 is 12.9. The first-order valence-electron chi connectivity index (χ1n) is 8.82. The Morgan fingerprint density at radius 2 is 1.82 bits per heavy atom. The van der Waals surface area contributed by atoms with Crippen LogP contribution in [0.25, 0.3) is 0 Å². The minimum Gasteiger partial charge on any atom is -0.502 e. The van der Waals surface area contributed by atoms with Gasteiger partial charge in [-0.3, -0.25) is 14.4 Å². The van der Waals surface area contributed by atoms with Crippen molar-refractivity contribution in [1.82, 2.24) is 20.1 Å². The number of carbonyl (C=O) groups is 2. The molecule has 0 unspecified atom stereocenters. The summed E-state index contributed by atoms with van der Waals surface area (Å²) in [6.45, 7) is 2.50. The first-order chi connectivity index (χ1) is 13.3. The molecule has 2 heterocycles. The number of H-pyrrole nitrogens is 1. The molecule has 1 aliphatic heterocycles. The van der Waals surface area contributed by atoms with Crippen molar-refractivity contribution in [3.63, 3.8) is 0 Å². The molecule has 3 N–H and O–H groups in total. The van der Waals surface area contributed by atoms with E-state index in [0.717, 1.165) is 0 Å². The molecule has 2 aromatic rings. The number of aromatic nitrogens is 1. The molecule has 0 spiro atoms. The van der Waals surface area contributed by atoms with Gasteiger partial charge >= 0.3 is 0 Å². The fourth-order valence-corrected chi connectivity index (χ4v) is 2.90. The van der Waals surface area contributed by atoms with E-state index in [4.69, 9.17) is 0 Å². The molecule has 0 radical (unpaired) electrons. The first-order valence-corrected chi connectivity index (χ1v) is 8.82. The molecule has 0 atom stereocenters. The topological polar surface area (TPSA) is 106 Å². The van der Waals surface area contributed by atoms with Crippen LogP contribution in [0.1, 0.15) is 26.4 Å². The highest BCUT2D eigenvalue weighted by molar-refractivity contribution is 6.00. The highest BCUT2D eigenvalue weighted by atomic mass is 19.1. The molecule has 0 saturated carbocycles. The number of nitrogens with one attached hydrogen (secondary N) is 2. The van der Waals surface area contributed by atoms with Crippen molar-refractivity contribution in [3.8, 4) is 5.75 Å². The normalized spacial score (nSPS) is 14.7. The second-order valence-electron chi connectivity index (χ2n) is 6.68. The number of nitrogens with zero attached hydrogens (tertiary/aromatic N) is 2. The second kappa shape index (κ2) is 8.22. The van der Waals surface area contributed by atoms with Crippen LogP contribution in [-0.4, -0.2) is 64.9 Å². The number of halogens is 1. The summed E-state index contributed by atoms with van der Waals surface area (Å²) in [6, 6.07) is 6.72. The van der Waals surface area contributed by atoms with Gasteiger partial charge in [0.05, 0.1) is 5.56 Å². The van der Waals surface area contributed by atoms with Gasteiger partial charge in [0.15, 0.2) is 5.75 Å². The van der Waals surface area contributed by atoms with E-state index in [2.05, 4.69) is 15.2 Å². The van der Waals surface area contributed by atoms with Gasteiger partial charge in [0.25, 0.3) is 17.4 Å². The molecule has 9 heteroatoms. The van der Waals surface area contributed by atoms with Gasteiger partial charge in [-0.1, -0.05) is 12.1 Å². The number of amides is 2. The monoisotopic (exact) mass is 388 g/mol. The lowest BCUT2D eigenvalue weighted by Gasteiger charge is -2.32. The van der Waals surface area contributed by atoms with E-state index >= 15 is 0 Å². The number of rotatable bonds is 4. The van der Waals surface area contributed by atoms with Gasteiger partial charge in [0.2, 0.25) is 0 Å². The Labute approximate surface area is 160 Å². The predicted octanol–water partition coefficient (Wildman–Crippen LogP) is 0.537. The Bertz CT molecular complexity index is 934. The molecule has 2 amide bonds. The minimum absolute atomic E-state index is 0.0562. The molecular formula is C19H21FN4O4. The molecule has 1 aliphatic rings. The maximum atomic E-state index is 12.9. The number of hydrogen-bond acceptors (Lipinski definition) is 5. The maximum absolute atomic E-state index is 12.9. The van der Waals surface area contributed by atoms with Crippen LogP contribution in [0.5, 0.6) is 5.75 Å². The van der Waals surface area contributed by atoms with Crippen LogP contribution >= 0.6 is 0 Å². The van der Waals surface area contributed by atoms with Gasteiger partial charge in [0.1, 0.15) is 11.5 Å². The molecule has 1 aromatic heterocycles. The summed E-state index contributed by atoms with van der Waals surface area (Å²) in [5, 5.41) is 12.5. The van der Waals surface area contributed by atoms with Crippen LogP contribution in [0, 0.1) is 5.82 Å². The Morgan fingerprint density at radius 3 is 2.46 bits per heavy atom. The number of piperazine rings is 1. The number of aromatic hydroxyl groups is 1. The Morgan fingerprint density at radius 1 is 1.18 bits per heavy atom. The Kier molecular flexibility index (Phi) is 5.74. The zero-order chi connectivity index (χ0) is 20.3. The van der Waals surface area contributed by atoms with Crippen molar-refractivity contribution in [2.75, 3.05) is 33.2 Å². The van der Waals surface area contributed by atoms with Gasteiger partial charge in [0, 0.05) is 32.7 Å². The largest absolute Gasteiger partial charge is 0.502 e. The van der Waals surface area contributed by atoms with Crippen molar-refractivity contribution in [2.24, 2.45) is 0 Å². The predicted molar refractivity (Wildman–Crippen MR) is 99.7 cm³/mol. The zero-order valence-electron chi connectivity index (χ0n) is 15.4. The molecule has 3 rings (SSSR count). The average Bonchev–Trinajstić information content (AvgIpc) is 2.69. The molecular weight excluding hydrogens is 367 g/mol. The quantitative estimate of drug-likeness (QED) is 0.709. The average molecular weight is 388 g/mol. The molecule has 1 aromatic carbocycles. The Balaban J connectivity index is 1.76. The van der Waals surface area contributed by atoms with Crippen molar-refractivity contribution in [3.05, 3.63) is 63.3 Å². The van der Waals surface area contributed by atoms with Crippen LogP contribution < -0.4 is 10.9 Å². The summed E-state index contributed by atoms with van der Waals surface area (Å²) in [7, 11) is 1.95. The van der Waals surface area contributed by atoms with Crippen molar-refractivity contribution >= 4 is 11.8 Å². The molecule has 0 bridgehead atoms. The lowest BCUT2D eigenvalue weighted by Crippen LogP contribution is -2.47. The molecule has 148 valence electrons. The minimum atomic E-state index is -0.910.